The third kappa shape index (κ3) is 3.60. The first-order valence-corrected chi connectivity index (χ1v) is 8.92. The summed E-state index contributed by atoms with van der Waals surface area (Å²) in [6, 6.07) is 10.1. The number of nitrogens with zero attached hydrogens (tertiary/aromatic N) is 2. The molecule has 3 N–H and O–H groups in total. The molecule has 4 atom stereocenters. The predicted octanol–water partition coefficient (Wildman–Crippen LogP) is 1.24. The Balaban J connectivity index is 1.78. The molecule has 1 amide bonds. The van der Waals surface area contributed by atoms with E-state index in [1.54, 1.807) is 30.3 Å². The van der Waals surface area contributed by atoms with Crippen molar-refractivity contribution >= 4 is 23.5 Å². The molecule has 1 aliphatic heterocycles. The Morgan fingerprint density at radius 3 is 2.56 bits per heavy atom. The Bertz CT molecular complexity index is 811. The summed E-state index contributed by atoms with van der Waals surface area (Å²) < 4.78 is 1.28. The van der Waals surface area contributed by atoms with Crippen LogP contribution in [0.2, 0.25) is 0 Å². The molecule has 0 saturated carbocycles. The maximum absolute atomic E-state index is 12.3. The van der Waals surface area contributed by atoms with E-state index in [0.29, 0.717) is 12.0 Å². The first kappa shape index (κ1) is 17.7. The fourth-order valence-electron chi connectivity index (χ4n) is 2.75. The summed E-state index contributed by atoms with van der Waals surface area (Å²) in [5.74, 6) is -0.220. The number of hydrogen-bond donors (Lipinski definition) is 3. The van der Waals surface area contributed by atoms with Crippen molar-refractivity contribution in [2.24, 2.45) is 0 Å². The molecule has 0 aliphatic carbocycles. The number of thioether (sulfide) groups is 1. The van der Waals surface area contributed by atoms with E-state index >= 15 is 0 Å². The van der Waals surface area contributed by atoms with Gasteiger partial charge in [-0.3, -0.25) is 9.36 Å². The number of benzene rings is 1. The van der Waals surface area contributed by atoms with E-state index in [9.17, 15) is 19.8 Å². The summed E-state index contributed by atoms with van der Waals surface area (Å²) in [5, 5.41) is 22.0. The average molecular weight is 361 g/mol. The van der Waals surface area contributed by atoms with Gasteiger partial charge in [0.05, 0.1) is 6.10 Å². The van der Waals surface area contributed by atoms with Crippen molar-refractivity contribution in [2.75, 3.05) is 5.32 Å². The van der Waals surface area contributed by atoms with Crippen molar-refractivity contribution in [1.82, 2.24) is 9.55 Å². The standard InChI is InChI=1S/C17H19N3O4S/c1-2-11-13(21)14(22)16(25-11)20-9-8-12(19-17(20)24)18-15(23)10-6-4-3-5-7-10/h3-9,11,13-14,16,21-22H,2H2,1H3,(H,18,19,23,24)/t11-,13-,14-,16-/m1/s1. The van der Waals surface area contributed by atoms with E-state index in [1.807, 2.05) is 6.92 Å². The lowest BCUT2D eigenvalue weighted by molar-refractivity contribution is 0.0168. The number of carbonyl (C=O) groups is 1. The number of carbonyl (C=O) groups excluding carboxylic acids is 1. The van der Waals surface area contributed by atoms with E-state index in [4.69, 9.17) is 0 Å². The molecule has 1 fully saturated rings. The zero-order valence-electron chi connectivity index (χ0n) is 13.6. The van der Waals surface area contributed by atoms with Gasteiger partial charge in [-0.2, -0.15) is 4.98 Å². The Morgan fingerprint density at radius 2 is 1.96 bits per heavy atom. The van der Waals surface area contributed by atoms with Crippen LogP contribution in [0.25, 0.3) is 0 Å². The van der Waals surface area contributed by atoms with Gasteiger partial charge in [-0.15, -0.1) is 11.8 Å². The third-order valence-corrected chi connectivity index (χ3v) is 5.87. The zero-order chi connectivity index (χ0) is 18.0. The van der Waals surface area contributed by atoms with E-state index in [0.717, 1.165) is 0 Å². The summed E-state index contributed by atoms with van der Waals surface area (Å²) in [6.45, 7) is 1.92. The number of aromatic nitrogens is 2. The quantitative estimate of drug-likeness (QED) is 0.757. The molecule has 7 nitrogen and oxygen atoms in total. The second kappa shape index (κ2) is 7.38. The zero-order valence-corrected chi connectivity index (χ0v) is 14.4. The number of amides is 1. The summed E-state index contributed by atoms with van der Waals surface area (Å²) in [5.41, 5.74) is -0.129. The third-order valence-electron chi connectivity index (χ3n) is 4.12. The number of nitrogens with one attached hydrogen (secondary N) is 1. The molecule has 132 valence electrons. The number of aliphatic hydroxyl groups excluding tert-OH is 2. The number of aliphatic hydroxyl groups is 2. The van der Waals surface area contributed by atoms with Crippen molar-refractivity contribution in [3.63, 3.8) is 0 Å². The van der Waals surface area contributed by atoms with Gasteiger partial charge in [0.2, 0.25) is 0 Å². The van der Waals surface area contributed by atoms with Crippen LogP contribution in [0.4, 0.5) is 5.82 Å². The minimum Gasteiger partial charge on any atom is -0.389 e. The van der Waals surface area contributed by atoms with E-state index in [-0.39, 0.29) is 17.0 Å². The summed E-state index contributed by atoms with van der Waals surface area (Å²) in [4.78, 5) is 28.3. The van der Waals surface area contributed by atoms with Crippen LogP contribution >= 0.6 is 11.8 Å². The average Bonchev–Trinajstić information content (AvgIpc) is 2.91. The van der Waals surface area contributed by atoms with Crippen LogP contribution in [-0.2, 0) is 0 Å². The van der Waals surface area contributed by atoms with Crippen molar-refractivity contribution < 1.29 is 15.0 Å². The van der Waals surface area contributed by atoms with E-state index < -0.39 is 23.3 Å². The molecule has 25 heavy (non-hydrogen) atoms. The second-order valence-electron chi connectivity index (χ2n) is 5.78. The van der Waals surface area contributed by atoms with Crippen LogP contribution in [0.3, 0.4) is 0 Å². The highest BCUT2D eigenvalue weighted by Crippen LogP contribution is 2.42. The van der Waals surface area contributed by atoms with Crippen LogP contribution in [-0.4, -0.2) is 43.1 Å². The van der Waals surface area contributed by atoms with Crippen LogP contribution in [0.15, 0.2) is 47.4 Å². The number of anilines is 1. The molecule has 8 heteroatoms. The molecule has 2 heterocycles. The molecule has 0 spiro atoms. The molecule has 1 aromatic heterocycles. The normalized spacial score (nSPS) is 25.7. The smallest absolute Gasteiger partial charge is 0.350 e. The molecule has 2 aromatic rings. The highest BCUT2D eigenvalue weighted by Gasteiger charge is 2.42. The van der Waals surface area contributed by atoms with Gasteiger partial charge in [0.1, 0.15) is 17.3 Å². The van der Waals surface area contributed by atoms with Gasteiger partial charge < -0.3 is 15.5 Å². The minimum absolute atomic E-state index is 0.135. The SMILES string of the molecule is CC[C@H]1S[C@@H](n2ccc(NC(=O)c3ccccc3)nc2=O)[C@H](O)[C@@H]1O. The lowest BCUT2D eigenvalue weighted by Gasteiger charge is -2.17. The summed E-state index contributed by atoms with van der Waals surface area (Å²) in [7, 11) is 0. The van der Waals surface area contributed by atoms with Gasteiger partial charge in [-0.1, -0.05) is 25.1 Å². The maximum atomic E-state index is 12.3. The number of rotatable bonds is 4. The largest absolute Gasteiger partial charge is 0.389 e. The number of hydrogen-bond acceptors (Lipinski definition) is 6. The van der Waals surface area contributed by atoms with Gasteiger partial charge in [-0.05, 0) is 24.6 Å². The van der Waals surface area contributed by atoms with Crippen LogP contribution in [0, 0.1) is 0 Å². The highest BCUT2D eigenvalue weighted by molar-refractivity contribution is 8.00. The first-order valence-electron chi connectivity index (χ1n) is 7.98. The van der Waals surface area contributed by atoms with E-state index in [1.165, 1.54) is 28.6 Å². The topological polar surface area (TPSA) is 104 Å². The second-order valence-corrected chi connectivity index (χ2v) is 7.14. The monoisotopic (exact) mass is 361 g/mol. The molecule has 0 radical (unpaired) electrons. The van der Waals surface area contributed by atoms with Gasteiger partial charge in [0, 0.05) is 17.0 Å². The van der Waals surface area contributed by atoms with E-state index in [2.05, 4.69) is 10.3 Å². The highest BCUT2D eigenvalue weighted by atomic mass is 32.2. The van der Waals surface area contributed by atoms with Gasteiger partial charge in [0.25, 0.3) is 5.91 Å². The maximum Gasteiger partial charge on any atom is 0.350 e. The van der Waals surface area contributed by atoms with Gasteiger partial charge in [-0.25, -0.2) is 4.79 Å². The predicted molar refractivity (Wildman–Crippen MR) is 95.6 cm³/mol. The fraction of sp³-hybridized carbons (Fsp3) is 0.353. The molecule has 1 saturated heterocycles. The van der Waals surface area contributed by atoms with Gasteiger partial charge >= 0.3 is 5.69 Å². The Kier molecular flexibility index (Phi) is 5.22. The molecule has 3 rings (SSSR count). The molecule has 1 aromatic carbocycles. The van der Waals surface area contributed by atoms with Crippen molar-refractivity contribution in [1.29, 1.82) is 0 Å². The Morgan fingerprint density at radius 1 is 1.24 bits per heavy atom. The molecule has 0 bridgehead atoms. The fourth-order valence-corrected chi connectivity index (χ4v) is 4.24. The van der Waals surface area contributed by atoms with Crippen LogP contribution < -0.4 is 11.0 Å². The molecule has 0 unspecified atom stereocenters. The van der Waals surface area contributed by atoms with Crippen LogP contribution in [0.1, 0.15) is 29.1 Å². The minimum atomic E-state index is -1.04. The summed E-state index contributed by atoms with van der Waals surface area (Å²) >= 11 is 1.35. The lowest BCUT2D eigenvalue weighted by Crippen LogP contribution is -2.35. The Hall–Kier alpha value is -2.16. The molecular weight excluding hydrogens is 342 g/mol. The molecular formula is C17H19N3O4S. The molecule has 1 aliphatic rings. The van der Waals surface area contributed by atoms with Gasteiger partial charge in [0.15, 0.2) is 0 Å². The lowest BCUT2D eigenvalue weighted by atomic mass is 10.1. The van der Waals surface area contributed by atoms with Crippen molar-refractivity contribution in [3.05, 3.63) is 58.6 Å². The van der Waals surface area contributed by atoms with Crippen molar-refractivity contribution in [3.8, 4) is 0 Å². The van der Waals surface area contributed by atoms with Crippen molar-refractivity contribution in [2.45, 2.75) is 36.2 Å². The van der Waals surface area contributed by atoms with Crippen LogP contribution in [0.5, 0.6) is 0 Å². The first-order chi connectivity index (χ1) is 12.0. The summed E-state index contributed by atoms with van der Waals surface area (Å²) in [6.07, 6.45) is 0.234. The Labute approximate surface area is 148 Å².